The first-order valence-corrected chi connectivity index (χ1v) is 26.9. The smallest absolute Gasteiger partial charge is 0.149 e. The summed E-state index contributed by atoms with van der Waals surface area (Å²) in [5.41, 5.74) is 21.0. The summed E-state index contributed by atoms with van der Waals surface area (Å²) in [7, 11) is 0. The average molecular weight is 1000 g/mol. The highest BCUT2D eigenvalue weighted by molar-refractivity contribution is 6.14. The highest BCUT2D eigenvalue weighted by atomic mass is 16.3. The molecule has 3 heterocycles. The minimum absolute atomic E-state index is 0.103. The summed E-state index contributed by atoms with van der Waals surface area (Å²) in [6.07, 6.45) is 1.96. The maximum absolute atomic E-state index is 11.5. The number of pyridine rings is 1. The SMILES string of the molecule is CC(C)(C)c1cc(-c2cc(-c3cccc4c5ccccc5n(-c5cc(-c6ccccc6)cc(-c6ccccc6)c5)c34)ccn2)cc(-c2cccc3c2nc(-c2ccccc2O)n3-c2cc(C(C)(C)C)cc(C(C)(C)C)c2)c1. The van der Waals surface area contributed by atoms with Crippen molar-refractivity contribution in [3.63, 3.8) is 0 Å². The number of para-hydroxylation sites is 4. The lowest BCUT2D eigenvalue weighted by atomic mass is 9.80. The van der Waals surface area contributed by atoms with Gasteiger partial charge in [0.2, 0.25) is 0 Å². The van der Waals surface area contributed by atoms with E-state index in [1.807, 2.05) is 24.4 Å². The third kappa shape index (κ3) is 9.10. The van der Waals surface area contributed by atoms with Crippen molar-refractivity contribution in [3.8, 4) is 84.3 Å². The van der Waals surface area contributed by atoms with Gasteiger partial charge in [0.25, 0.3) is 0 Å². The Balaban J connectivity index is 1.05. The predicted molar refractivity (Wildman–Crippen MR) is 324 cm³/mol. The molecule has 5 nitrogen and oxygen atoms in total. The third-order valence-corrected chi connectivity index (χ3v) is 15.3. The zero-order valence-electron chi connectivity index (χ0n) is 45.5. The van der Waals surface area contributed by atoms with Crippen molar-refractivity contribution in [2.45, 2.75) is 78.6 Å². The molecule has 3 aromatic heterocycles. The van der Waals surface area contributed by atoms with E-state index in [2.05, 4.69) is 260 Å². The number of fused-ring (bicyclic) bond motifs is 4. The van der Waals surface area contributed by atoms with Crippen molar-refractivity contribution < 1.29 is 5.11 Å². The zero-order chi connectivity index (χ0) is 53.4. The fraction of sp³-hybridized carbons (Fsp3) is 0.167. The lowest BCUT2D eigenvalue weighted by Crippen LogP contribution is -2.17. The van der Waals surface area contributed by atoms with Gasteiger partial charge in [0, 0.05) is 45.0 Å². The number of hydrogen-bond donors (Lipinski definition) is 1. The monoisotopic (exact) mass is 1000 g/mol. The Morgan fingerprint density at radius 3 is 1.55 bits per heavy atom. The fourth-order valence-electron chi connectivity index (χ4n) is 11.0. The minimum Gasteiger partial charge on any atom is -0.507 e. The Kier molecular flexibility index (Phi) is 12.0. The standard InChI is InChI=1S/C72H64N4O/c1-70(2,3)53-38-51(58-28-21-32-65-67(58)74-69(62-27-17-19-33-66(62)77)76(65)57-44-54(71(4,5)6)43-55(45-57)72(7,8)9)37-52(39-53)63-42-48(34-35-73-63)59-29-20-30-61-60-26-16-18-31-64(60)75(68(59)61)56-40-49(46-22-12-10-13-23-46)36-50(41-56)47-24-14-11-15-25-47/h10-45,77H,1-9H3. The summed E-state index contributed by atoms with van der Waals surface area (Å²) in [6.45, 7) is 20.4. The summed E-state index contributed by atoms with van der Waals surface area (Å²) in [6, 6.07) is 76.2. The molecule has 0 saturated carbocycles. The number of phenols is 1. The van der Waals surface area contributed by atoms with E-state index in [4.69, 9.17) is 9.97 Å². The second-order valence-corrected chi connectivity index (χ2v) is 23.8. The van der Waals surface area contributed by atoms with E-state index < -0.39 is 0 Å². The van der Waals surface area contributed by atoms with Gasteiger partial charge in [-0.25, -0.2) is 4.98 Å². The fourth-order valence-corrected chi connectivity index (χ4v) is 11.0. The lowest BCUT2D eigenvalue weighted by molar-refractivity contribution is 0.477. The number of rotatable bonds is 8. The normalized spacial score (nSPS) is 12.3. The van der Waals surface area contributed by atoms with Crippen LogP contribution in [0, 0.1) is 0 Å². The summed E-state index contributed by atoms with van der Waals surface area (Å²) in [4.78, 5) is 10.7. The first kappa shape index (κ1) is 49.1. The highest BCUT2D eigenvalue weighted by Gasteiger charge is 2.27. The van der Waals surface area contributed by atoms with Gasteiger partial charge in [-0.15, -0.1) is 0 Å². The molecule has 12 rings (SSSR count). The van der Waals surface area contributed by atoms with Crippen LogP contribution in [0.2, 0.25) is 0 Å². The number of hydrogen-bond acceptors (Lipinski definition) is 3. The number of nitrogens with zero attached hydrogens (tertiary/aromatic N) is 4. The number of benzene rings is 9. The van der Waals surface area contributed by atoms with Crippen molar-refractivity contribution in [2.75, 3.05) is 0 Å². The molecule has 9 aromatic carbocycles. The summed E-state index contributed by atoms with van der Waals surface area (Å²) < 4.78 is 4.71. The van der Waals surface area contributed by atoms with E-state index >= 15 is 0 Å². The van der Waals surface area contributed by atoms with Crippen LogP contribution in [-0.4, -0.2) is 24.2 Å². The van der Waals surface area contributed by atoms with Crippen molar-refractivity contribution >= 4 is 32.8 Å². The number of aromatic nitrogens is 4. The van der Waals surface area contributed by atoms with Gasteiger partial charge < -0.3 is 9.67 Å². The molecule has 0 unspecified atom stereocenters. The number of phenolic OH excluding ortho intramolecular Hbond substituents is 1. The van der Waals surface area contributed by atoms with E-state index in [-0.39, 0.29) is 22.0 Å². The first-order chi connectivity index (χ1) is 37.0. The van der Waals surface area contributed by atoms with Crippen LogP contribution in [0.1, 0.15) is 79.0 Å². The van der Waals surface area contributed by atoms with Crippen LogP contribution in [0.4, 0.5) is 0 Å². The van der Waals surface area contributed by atoms with E-state index in [0.717, 1.165) is 78.1 Å². The van der Waals surface area contributed by atoms with Crippen molar-refractivity contribution in [1.82, 2.24) is 19.1 Å². The Morgan fingerprint density at radius 1 is 0.364 bits per heavy atom. The number of imidazole rings is 1. The molecule has 0 saturated heterocycles. The largest absolute Gasteiger partial charge is 0.507 e. The molecule has 0 bridgehead atoms. The maximum Gasteiger partial charge on any atom is 0.149 e. The highest BCUT2D eigenvalue weighted by Crippen LogP contribution is 2.44. The molecule has 0 aliphatic carbocycles. The Morgan fingerprint density at radius 2 is 0.883 bits per heavy atom. The molecule has 0 atom stereocenters. The molecule has 77 heavy (non-hydrogen) atoms. The quantitative estimate of drug-likeness (QED) is 0.165. The Bertz CT molecular complexity index is 4120. The molecule has 0 amide bonds. The van der Waals surface area contributed by atoms with Gasteiger partial charge in [-0.2, -0.15) is 0 Å². The van der Waals surface area contributed by atoms with Gasteiger partial charge >= 0.3 is 0 Å². The third-order valence-electron chi connectivity index (χ3n) is 15.3. The predicted octanol–water partition coefficient (Wildman–Crippen LogP) is 19.1. The van der Waals surface area contributed by atoms with Crippen LogP contribution in [0.25, 0.3) is 111 Å². The van der Waals surface area contributed by atoms with Crippen LogP contribution in [0.15, 0.2) is 219 Å². The molecule has 12 aromatic rings. The van der Waals surface area contributed by atoms with Crippen LogP contribution in [0.3, 0.4) is 0 Å². The van der Waals surface area contributed by atoms with Crippen LogP contribution < -0.4 is 0 Å². The van der Waals surface area contributed by atoms with Crippen molar-refractivity contribution in [1.29, 1.82) is 0 Å². The van der Waals surface area contributed by atoms with Crippen LogP contribution >= 0.6 is 0 Å². The lowest BCUT2D eigenvalue weighted by Gasteiger charge is -2.27. The van der Waals surface area contributed by atoms with Gasteiger partial charge in [0.05, 0.1) is 33.3 Å². The maximum atomic E-state index is 11.5. The molecule has 0 aliphatic rings. The second kappa shape index (κ2) is 18.8. The Hall–Kier alpha value is -8.80. The molecule has 1 N–H and O–H groups in total. The van der Waals surface area contributed by atoms with E-state index in [1.54, 1.807) is 6.07 Å². The molecule has 5 heteroatoms. The molecular weight excluding hydrogens is 937 g/mol. The van der Waals surface area contributed by atoms with Gasteiger partial charge in [0.1, 0.15) is 11.6 Å². The van der Waals surface area contributed by atoms with Gasteiger partial charge in [-0.3, -0.25) is 9.55 Å². The molecule has 0 fully saturated rings. The summed E-state index contributed by atoms with van der Waals surface area (Å²) in [5, 5.41) is 13.9. The first-order valence-electron chi connectivity index (χ1n) is 26.9. The van der Waals surface area contributed by atoms with Gasteiger partial charge in [0.15, 0.2) is 0 Å². The van der Waals surface area contributed by atoms with Gasteiger partial charge in [-0.1, -0.05) is 196 Å². The zero-order valence-corrected chi connectivity index (χ0v) is 45.5. The summed E-state index contributed by atoms with van der Waals surface area (Å²) in [5.74, 6) is 0.873. The van der Waals surface area contributed by atoms with Crippen LogP contribution in [0.5, 0.6) is 5.75 Å². The summed E-state index contributed by atoms with van der Waals surface area (Å²) >= 11 is 0. The van der Waals surface area contributed by atoms with E-state index in [1.165, 1.54) is 38.6 Å². The Labute approximate surface area is 452 Å². The topological polar surface area (TPSA) is 55.9 Å². The molecule has 0 radical (unpaired) electrons. The molecule has 0 aliphatic heterocycles. The molecular formula is C72H64N4O. The average Bonchev–Trinajstić information content (AvgIpc) is 4.24. The van der Waals surface area contributed by atoms with E-state index in [0.29, 0.717) is 11.4 Å². The molecule has 0 spiro atoms. The van der Waals surface area contributed by atoms with E-state index in [9.17, 15) is 5.11 Å². The van der Waals surface area contributed by atoms with Crippen LogP contribution in [-0.2, 0) is 16.2 Å². The minimum atomic E-state index is -0.188. The number of aromatic hydroxyl groups is 1. The van der Waals surface area contributed by atoms with Crippen molar-refractivity contribution in [2.24, 2.45) is 0 Å². The van der Waals surface area contributed by atoms with Gasteiger partial charge in [-0.05, 0) is 145 Å². The second-order valence-electron chi connectivity index (χ2n) is 23.8. The molecule has 378 valence electrons. The van der Waals surface area contributed by atoms with Crippen molar-refractivity contribution in [3.05, 3.63) is 235 Å².